The molecule has 0 aliphatic rings. The summed E-state index contributed by atoms with van der Waals surface area (Å²) < 4.78 is 5.21. The van der Waals surface area contributed by atoms with Crippen LogP contribution in [0.3, 0.4) is 0 Å². The summed E-state index contributed by atoms with van der Waals surface area (Å²) in [6.07, 6.45) is 1.05. The molecule has 26 heavy (non-hydrogen) atoms. The summed E-state index contributed by atoms with van der Waals surface area (Å²) >= 11 is 0. The predicted molar refractivity (Wildman–Crippen MR) is 103 cm³/mol. The average molecular weight is 350 g/mol. The number of anilines is 3. The van der Waals surface area contributed by atoms with Crippen molar-refractivity contribution < 1.29 is 9.84 Å². The molecule has 1 heterocycles. The molecule has 0 radical (unpaired) electrons. The highest BCUT2D eigenvalue weighted by Crippen LogP contribution is 2.20. The molecule has 2 aromatic carbocycles. The second-order valence-corrected chi connectivity index (χ2v) is 5.93. The largest absolute Gasteiger partial charge is 0.497 e. The Hall–Kier alpha value is -3.12. The summed E-state index contributed by atoms with van der Waals surface area (Å²) in [5.74, 6) is 1.86. The molecule has 1 aromatic heterocycles. The van der Waals surface area contributed by atoms with Crippen LogP contribution in [-0.2, 0) is 0 Å². The Balaban J connectivity index is 1.62. The predicted octanol–water partition coefficient (Wildman–Crippen LogP) is 3.68. The van der Waals surface area contributed by atoms with E-state index in [1.807, 2.05) is 55.5 Å². The van der Waals surface area contributed by atoms with E-state index >= 15 is 0 Å². The van der Waals surface area contributed by atoms with Gasteiger partial charge in [0.25, 0.3) is 0 Å². The number of aliphatic hydroxyl groups is 1. The molecule has 0 saturated carbocycles. The van der Waals surface area contributed by atoms with E-state index in [1.165, 1.54) is 0 Å². The van der Waals surface area contributed by atoms with Crippen LogP contribution in [0.25, 0.3) is 0 Å². The number of nitrogens with zero attached hydrogens (tertiary/aromatic N) is 2. The van der Waals surface area contributed by atoms with Gasteiger partial charge in [-0.15, -0.1) is 0 Å². The number of aromatic nitrogens is 2. The number of hydrogen-bond donors (Lipinski definition) is 3. The Bertz CT molecular complexity index is 852. The van der Waals surface area contributed by atoms with E-state index in [0.29, 0.717) is 18.3 Å². The van der Waals surface area contributed by atoms with Crippen molar-refractivity contribution >= 4 is 17.5 Å². The molecule has 6 nitrogen and oxygen atoms in total. The maximum absolute atomic E-state index is 10.3. The molecule has 0 aliphatic heterocycles. The standard InChI is InChI=1S/C20H22N4O2/c1-14-6-8-15(9-7-14)18(25)13-22-19-10-11-21-20(24-19)23-16-4-3-5-17(12-16)26-2/h3-12,18,25H,13H2,1-2H3,(H2,21,22,23,24). The van der Waals surface area contributed by atoms with Crippen molar-refractivity contribution in [3.8, 4) is 5.75 Å². The zero-order valence-electron chi connectivity index (χ0n) is 14.8. The van der Waals surface area contributed by atoms with E-state index in [9.17, 15) is 5.11 Å². The summed E-state index contributed by atoms with van der Waals surface area (Å²) in [6, 6.07) is 17.1. The Morgan fingerprint density at radius 3 is 2.69 bits per heavy atom. The van der Waals surface area contributed by atoms with Crippen molar-refractivity contribution in [1.29, 1.82) is 0 Å². The molecular weight excluding hydrogens is 328 g/mol. The van der Waals surface area contributed by atoms with Crippen LogP contribution in [-0.4, -0.2) is 28.7 Å². The van der Waals surface area contributed by atoms with Gasteiger partial charge in [-0.05, 0) is 30.7 Å². The molecule has 0 saturated heterocycles. The van der Waals surface area contributed by atoms with Crippen LogP contribution in [0.4, 0.5) is 17.5 Å². The van der Waals surface area contributed by atoms with Crippen molar-refractivity contribution in [2.75, 3.05) is 24.3 Å². The Labute approximate surface area is 152 Å². The number of aryl methyl sites for hydroxylation is 1. The van der Waals surface area contributed by atoms with Gasteiger partial charge in [-0.3, -0.25) is 0 Å². The minimum atomic E-state index is -0.611. The molecule has 3 N–H and O–H groups in total. The Morgan fingerprint density at radius 1 is 1.12 bits per heavy atom. The summed E-state index contributed by atoms with van der Waals surface area (Å²) in [4.78, 5) is 8.64. The van der Waals surface area contributed by atoms with Crippen molar-refractivity contribution in [3.63, 3.8) is 0 Å². The number of aliphatic hydroxyl groups excluding tert-OH is 1. The molecule has 0 fully saturated rings. The summed E-state index contributed by atoms with van der Waals surface area (Å²) in [7, 11) is 1.62. The first-order valence-corrected chi connectivity index (χ1v) is 8.36. The third-order valence-corrected chi connectivity index (χ3v) is 3.92. The fraction of sp³-hybridized carbons (Fsp3) is 0.200. The zero-order valence-corrected chi connectivity index (χ0v) is 14.8. The molecule has 1 unspecified atom stereocenters. The number of hydrogen-bond acceptors (Lipinski definition) is 6. The lowest BCUT2D eigenvalue weighted by molar-refractivity contribution is 0.191. The highest BCUT2D eigenvalue weighted by Gasteiger charge is 2.08. The summed E-state index contributed by atoms with van der Waals surface area (Å²) in [6.45, 7) is 2.38. The molecule has 0 amide bonds. The van der Waals surface area contributed by atoms with Gasteiger partial charge in [0.15, 0.2) is 0 Å². The van der Waals surface area contributed by atoms with Gasteiger partial charge < -0.3 is 20.5 Å². The van der Waals surface area contributed by atoms with E-state index in [0.717, 1.165) is 22.6 Å². The minimum absolute atomic E-state index is 0.360. The van der Waals surface area contributed by atoms with E-state index < -0.39 is 6.10 Å². The lowest BCUT2D eigenvalue weighted by Gasteiger charge is -2.13. The van der Waals surface area contributed by atoms with Crippen LogP contribution in [0.5, 0.6) is 5.75 Å². The third kappa shape index (κ3) is 4.70. The van der Waals surface area contributed by atoms with Gasteiger partial charge in [0, 0.05) is 24.5 Å². The Morgan fingerprint density at radius 2 is 1.92 bits per heavy atom. The van der Waals surface area contributed by atoms with Crippen LogP contribution < -0.4 is 15.4 Å². The molecule has 0 spiro atoms. The molecule has 134 valence electrons. The number of ether oxygens (including phenoxy) is 1. The highest BCUT2D eigenvalue weighted by molar-refractivity contribution is 5.56. The van der Waals surface area contributed by atoms with Gasteiger partial charge in [0.05, 0.1) is 13.2 Å². The monoisotopic (exact) mass is 350 g/mol. The van der Waals surface area contributed by atoms with E-state index in [-0.39, 0.29) is 0 Å². The first-order valence-electron chi connectivity index (χ1n) is 8.36. The van der Waals surface area contributed by atoms with Crippen molar-refractivity contribution in [2.24, 2.45) is 0 Å². The van der Waals surface area contributed by atoms with Crippen LogP contribution in [0.15, 0.2) is 60.8 Å². The second kappa shape index (κ2) is 8.31. The smallest absolute Gasteiger partial charge is 0.229 e. The fourth-order valence-electron chi connectivity index (χ4n) is 2.46. The third-order valence-electron chi connectivity index (χ3n) is 3.92. The van der Waals surface area contributed by atoms with Gasteiger partial charge >= 0.3 is 0 Å². The van der Waals surface area contributed by atoms with E-state index in [2.05, 4.69) is 20.6 Å². The minimum Gasteiger partial charge on any atom is -0.497 e. The van der Waals surface area contributed by atoms with Gasteiger partial charge in [-0.1, -0.05) is 35.9 Å². The molecule has 0 bridgehead atoms. The average Bonchev–Trinajstić information content (AvgIpc) is 2.67. The SMILES string of the molecule is COc1cccc(Nc2nccc(NCC(O)c3ccc(C)cc3)n2)c1. The lowest BCUT2D eigenvalue weighted by Crippen LogP contribution is -2.13. The van der Waals surface area contributed by atoms with E-state index in [1.54, 1.807) is 19.4 Å². The van der Waals surface area contributed by atoms with Gasteiger partial charge in [0.1, 0.15) is 11.6 Å². The number of benzene rings is 2. The number of methoxy groups -OCH3 is 1. The van der Waals surface area contributed by atoms with Crippen LogP contribution in [0.2, 0.25) is 0 Å². The fourth-order valence-corrected chi connectivity index (χ4v) is 2.46. The Kier molecular flexibility index (Phi) is 5.66. The summed E-state index contributed by atoms with van der Waals surface area (Å²) in [5, 5.41) is 16.6. The van der Waals surface area contributed by atoms with Crippen molar-refractivity contribution in [2.45, 2.75) is 13.0 Å². The quantitative estimate of drug-likeness (QED) is 0.603. The number of nitrogens with one attached hydrogen (secondary N) is 2. The van der Waals surface area contributed by atoms with Crippen molar-refractivity contribution in [3.05, 3.63) is 71.9 Å². The molecule has 3 rings (SSSR count). The number of rotatable bonds is 7. The van der Waals surface area contributed by atoms with Crippen LogP contribution >= 0.6 is 0 Å². The lowest BCUT2D eigenvalue weighted by atomic mass is 10.1. The molecular formula is C20H22N4O2. The maximum atomic E-state index is 10.3. The molecule has 1 atom stereocenters. The second-order valence-electron chi connectivity index (χ2n) is 5.93. The maximum Gasteiger partial charge on any atom is 0.229 e. The first kappa shape index (κ1) is 17.7. The zero-order chi connectivity index (χ0) is 18.4. The summed E-state index contributed by atoms with van der Waals surface area (Å²) in [5.41, 5.74) is 2.87. The van der Waals surface area contributed by atoms with Crippen molar-refractivity contribution in [1.82, 2.24) is 9.97 Å². The van der Waals surface area contributed by atoms with E-state index in [4.69, 9.17) is 4.74 Å². The van der Waals surface area contributed by atoms with Crippen LogP contribution in [0, 0.1) is 6.92 Å². The van der Waals surface area contributed by atoms with Gasteiger partial charge in [-0.2, -0.15) is 4.98 Å². The molecule has 6 heteroatoms. The first-order chi connectivity index (χ1) is 12.6. The van der Waals surface area contributed by atoms with Crippen LogP contribution in [0.1, 0.15) is 17.2 Å². The molecule has 0 aliphatic carbocycles. The highest BCUT2D eigenvalue weighted by atomic mass is 16.5. The van der Waals surface area contributed by atoms with Gasteiger partial charge in [-0.25, -0.2) is 4.98 Å². The normalized spacial score (nSPS) is 11.7. The topological polar surface area (TPSA) is 79.3 Å². The van der Waals surface area contributed by atoms with Gasteiger partial charge in [0.2, 0.25) is 5.95 Å². The molecule has 3 aromatic rings.